The molecule has 0 aliphatic heterocycles. The fourth-order valence-electron chi connectivity index (χ4n) is 1.37. The molecule has 0 radical (unpaired) electrons. The number of hydrazine groups is 1. The van der Waals surface area contributed by atoms with Crippen LogP contribution in [0.2, 0.25) is 0 Å². The third kappa shape index (κ3) is 4.22. The number of carbonyl (C=O) groups is 2. The van der Waals surface area contributed by atoms with E-state index in [9.17, 15) is 9.59 Å². The first-order chi connectivity index (χ1) is 8.15. The van der Waals surface area contributed by atoms with Crippen molar-refractivity contribution < 1.29 is 9.59 Å². The fraction of sp³-hybridized carbons (Fsp3) is 0.417. The minimum atomic E-state index is -0.366. The summed E-state index contributed by atoms with van der Waals surface area (Å²) >= 11 is 0. The quantitative estimate of drug-likeness (QED) is 0.772. The van der Waals surface area contributed by atoms with E-state index in [0.717, 1.165) is 12.8 Å². The molecule has 1 atom stereocenters. The number of amides is 2. The van der Waals surface area contributed by atoms with E-state index in [1.165, 1.54) is 6.20 Å². The molecule has 17 heavy (non-hydrogen) atoms. The van der Waals surface area contributed by atoms with Crippen LogP contribution in [0.1, 0.15) is 37.0 Å². The topological polar surface area (TPSA) is 71.1 Å². The zero-order valence-electron chi connectivity index (χ0n) is 10.1. The standard InChI is InChI=1S/C12H17N3O2/c1-3-5-9(2)11(16)14-15-12(17)10-6-4-7-13-8-10/h4,6-9H,3,5H2,1-2H3,(H,14,16)(H,15,17). The van der Waals surface area contributed by atoms with Gasteiger partial charge in [0.1, 0.15) is 0 Å². The molecule has 0 fully saturated rings. The normalized spacial score (nSPS) is 11.6. The minimum Gasteiger partial charge on any atom is -0.273 e. The first-order valence-electron chi connectivity index (χ1n) is 5.65. The van der Waals surface area contributed by atoms with Gasteiger partial charge in [0.05, 0.1) is 5.56 Å². The molecule has 1 aromatic rings. The summed E-state index contributed by atoms with van der Waals surface area (Å²) in [6, 6.07) is 3.29. The summed E-state index contributed by atoms with van der Waals surface area (Å²) in [4.78, 5) is 26.9. The van der Waals surface area contributed by atoms with Crippen molar-refractivity contribution in [2.24, 2.45) is 5.92 Å². The van der Waals surface area contributed by atoms with Crippen LogP contribution in [-0.2, 0) is 4.79 Å². The number of aromatic nitrogens is 1. The van der Waals surface area contributed by atoms with Crippen LogP contribution in [0.3, 0.4) is 0 Å². The monoisotopic (exact) mass is 235 g/mol. The molecule has 2 N–H and O–H groups in total. The molecule has 1 rings (SSSR count). The number of pyridine rings is 1. The van der Waals surface area contributed by atoms with Gasteiger partial charge in [-0.25, -0.2) is 0 Å². The van der Waals surface area contributed by atoms with E-state index in [4.69, 9.17) is 0 Å². The van der Waals surface area contributed by atoms with Crippen LogP contribution >= 0.6 is 0 Å². The van der Waals surface area contributed by atoms with E-state index in [0.29, 0.717) is 5.56 Å². The lowest BCUT2D eigenvalue weighted by Crippen LogP contribution is -2.44. The molecule has 0 bridgehead atoms. The van der Waals surface area contributed by atoms with Crippen molar-refractivity contribution in [2.45, 2.75) is 26.7 Å². The summed E-state index contributed by atoms with van der Waals surface area (Å²) in [7, 11) is 0. The third-order valence-corrected chi connectivity index (χ3v) is 2.39. The molecule has 92 valence electrons. The molecule has 5 nitrogen and oxygen atoms in total. The Balaban J connectivity index is 2.41. The number of hydrogen-bond donors (Lipinski definition) is 2. The first-order valence-corrected chi connectivity index (χ1v) is 5.65. The van der Waals surface area contributed by atoms with Crippen LogP contribution in [-0.4, -0.2) is 16.8 Å². The van der Waals surface area contributed by atoms with E-state index in [2.05, 4.69) is 15.8 Å². The molecule has 5 heteroatoms. The predicted molar refractivity (Wildman–Crippen MR) is 63.9 cm³/mol. The highest BCUT2D eigenvalue weighted by molar-refractivity contribution is 5.95. The molecule has 0 spiro atoms. The van der Waals surface area contributed by atoms with Gasteiger partial charge in [0, 0.05) is 18.3 Å². The van der Waals surface area contributed by atoms with Crippen LogP contribution in [0.15, 0.2) is 24.5 Å². The highest BCUT2D eigenvalue weighted by Gasteiger charge is 2.12. The Morgan fingerprint density at radius 1 is 1.41 bits per heavy atom. The average molecular weight is 235 g/mol. The molecule has 1 aromatic heterocycles. The Kier molecular flexibility index (Phi) is 5.13. The summed E-state index contributed by atoms with van der Waals surface area (Å²) in [6.07, 6.45) is 4.76. The maximum Gasteiger partial charge on any atom is 0.271 e. The van der Waals surface area contributed by atoms with Gasteiger partial charge in [-0.2, -0.15) is 0 Å². The van der Waals surface area contributed by atoms with E-state index in [1.54, 1.807) is 18.3 Å². The fourth-order valence-corrected chi connectivity index (χ4v) is 1.37. The molecular weight excluding hydrogens is 218 g/mol. The minimum absolute atomic E-state index is 0.103. The molecule has 0 aliphatic carbocycles. The smallest absolute Gasteiger partial charge is 0.271 e. The van der Waals surface area contributed by atoms with Crippen molar-refractivity contribution in [3.8, 4) is 0 Å². The van der Waals surface area contributed by atoms with E-state index < -0.39 is 0 Å². The third-order valence-electron chi connectivity index (χ3n) is 2.39. The van der Waals surface area contributed by atoms with Gasteiger partial charge in [-0.1, -0.05) is 20.3 Å². The SMILES string of the molecule is CCCC(C)C(=O)NNC(=O)c1cccnc1. The van der Waals surface area contributed by atoms with Crippen molar-refractivity contribution in [1.29, 1.82) is 0 Å². The van der Waals surface area contributed by atoms with Crippen molar-refractivity contribution in [3.63, 3.8) is 0 Å². The lowest BCUT2D eigenvalue weighted by atomic mass is 10.1. The summed E-state index contributed by atoms with van der Waals surface area (Å²) in [5, 5.41) is 0. The maximum atomic E-state index is 11.6. The molecule has 2 amide bonds. The van der Waals surface area contributed by atoms with Crippen LogP contribution < -0.4 is 10.9 Å². The number of rotatable bonds is 4. The molecule has 1 unspecified atom stereocenters. The molecule has 1 heterocycles. The lowest BCUT2D eigenvalue weighted by molar-refractivity contribution is -0.125. The van der Waals surface area contributed by atoms with Crippen molar-refractivity contribution in [3.05, 3.63) is 30.1 Å². The van der Waals surface area contributed by atoms with Gasteiger partial charge in [0.2, 0.25) is 5.91 Å². The van der Waals surface area contributed by atoms with Crippen LogP contribution in [0, 0.1) is 5.92 Å². The first kappa shape index (κ1) is 13.2. The molecular formula is C12H17N3O2. The van der Waals surface area contributed by atoms with Crippen LogP contribution in [0.4, 0.5) is 0 Å². The molecule has 0 saturated heterocycles. The Labute approximate surface area is 101 Å². The van der Waals surface area contributed by atoms with Gasteiger partial charge in [-0.15, -0.1) is 0 Å². The van der Waals surface area contributed by atoms with Gasteiger partial charge in [0.25, 0.3) is 5.91 Å². The lowest BCUT2D eigenvalue weighted by Gasteiger charge is -2.11. The van der Waals surface area contributed by atoms with Crippen molar-refractivity contribution in [1.82, 2.24) is 15.8 Å². The number of nitrogens with zero attached hydrogens (tertiary/aromatic N) is 1. The maximum absolute atomic E-state index is 11.6. The second kappa shape index (κ2) is 6.62. The molecule has 0 saturated carbocycles. The average Bonchev–Trinajstić information content (AvgIpc) is 2.36. The van der Waals surface area contributed by atoms with Crippen LogP contribution in [0.25, 0.3) is 0 Å². The Morgan fingerprint density at radius 2 is 2.18 bits per heavy atom. The van der Waals surface area contributed by atoms with Gasteiger partial charge < -0.3 is 0 Å². The van der Waals surface area contributed by atoms with Gasteiger partial charge in [-0.3, -0.25) is 25.4 Å². The van der Waals surface area contributed by atoms with Crippen molar-refractivity contribution in [2.75, 3.05) is 0 Å². The zero-order chi connectivity index (χ0) is 12.7. The molecule has 0 aliphatic rings. The number of nitrogens with one attached hydrogen (secondary N) is 2. The zero-order valence-corrected chi connectivity index (χ0v) is 10.1. The second-order valence-corrected chi connectivity index (χ2v) is 3.87. The Hall–Kier alpha value is -1.91. The second-order valence-electron chi connectivity index (χ2n) is 3.87. The predicted octanol–water partition coefficient (Wildman–Crippen LogP) is 1.28. The van der Waals surface area contributed by atoms with Gasteiger partial charge >= 0.3 is 0 Å². The van der Waals surface area contributed by atoms with Gasteiger partial charge in [-0.05, 0) is 18.6 Å². The highest BCUT2D eigenvalue weighted by atomic mass is 16.2. The number of hydrogen-bond acceptors (Lipinski definition) is 3. The van der Waals surface area contributed by atoms with Crippen molar-refractivity contribution >= 4 is 11.8 Å². The summed E-state index contributed by atoms with van der Waals surface area (Å²) < 4.78 is 0. The summed E-state index contributed by atoms with van der Waals surface area (Å²) in [5.74, 6) is -0.645. The van der Waals surface area contributed by atoms with E-state index in [-0.39, 0.29) is 17.7 Å². The molecule has 0 aromatic carbocycles. The summed E-state index contributed by atoms with van der Waals surface area (Å²) in [5.41, 5.74) is 5.17. The van der Waals surface area contributed by atoms with Crippen LogP contribution in [0.5, 0.6) is 0 Å². The van der Waals surface area contributed by atoms with E-state index >= 15 is 0 Å². The summed E-state index contributed by atoms with van der Waals surface area (Å²) in [6.45, 7) is 3.84. The Bertz CT molecular complexity index is 379. The van der Waals surface area contributed by atoms with Gasteiger partial charge in [0.15, 0.2) is 0 Å². The number of carbonyl (C=O) groups excluding carboxylic acids is 2. The largest absolute Gasteiger partial charge is 0.273 e. The Morgan fingerprint density at radius 3 is 2.76 bits per heavy atom. The van der Waals surface area contributed by atoms with E-state index in [1.807, 2.05) is 13.8 Å². The highest BCUT2D eigenvalue weighted by Crippen LogP contribution is 2.03.